The van der Waals surface area contributed by atoms with Gasteiger partial charge >= 0.3 is 21.1 Å². The van der Waals surface area contributed by atoms with Gasteiger partial charge in [-0.25, -0.2) is 34.9 Å². The van der Waals surface area contributed by atoms with Crippen molar-refractivity contribution in [3.8, 4) is 88.7 Å². The van der Waals surface area contributed by atoms with Gasteiger partial charge in [0.25, 0.3) is 0 Å². The Hall–Kier alpha value is -12.7. The third-order valence-corrected chi connectivity index (χ3v) is 29.7. The summed E-state index contributed by atoms with van der Waals surface area (Å²) in [5.41, 5.74) is 10.3. The van der Waals surface area contributed by atoms with Gasteiger partial charge in [-0.1, -0.05) is 322 Å². The van der Waals surface area contributed by atoms with E-state index in [4.69, 9.17) is 81.0 Å². The van der Waals surface area contributed by atoms with E-state index in [1.54, 1.807) is 34.0 Å². The minimum Gasteiger partial charge on any atom is -0.405 e. The number of nitrogens with zero attached hydrogens (tertiary/aromatic N) is 9. The van der Waals surface area contributed by atoms with Crippen LogP contribution in [0.1, 0.15) is 90.5 Å². The molecule has 8 heterocycles. The van der Waals surface area contributed by atoms with Crippen LogP contribution < -0.4 is 5.46 Å². The molecule has 136 heavy (non-hydrogen) atoms. The maximum absolute atomic E-state index is 6.28. The monoisotopic (exact) mass is 1880 g/mol. The zero-order valence-corrected chi connectivity index (χ0v) is 81.0. The Kier molecular flexibility index (Phi) is 26.3. The number of halogens is 2. The SMILES string of the molecule is C.CC1(C)OB(B2OC(C)(C)C(C)(C)O2)OC1(C)C.CC1(C)OB(c2ccc3c(ccc4ccc5sc(-c6ccccc6)nc5c43)c2)OC1(C)C.Clc1ccc2c(ccc3ccc4sc(-c5ccccc5)nc4c32)c1.Clc1nc(-c2ccccc2)nc(-c2ccccc2)n1.[CH3-].c1ccc(-c2nc(-c3ccccc3)nc(-c3ccc4c(ccc5ccc6sc(-c7ccccc7)nc6c54)c3)n2)cc1. The molecule has 3 aliphatic heterocycles. The molecule has 0 aliphatic carbocycles. The molecule has 0 bridgehead atoms. The van der Waals surface area contributed by atoms with Crippen molar-refractivity contribution in [3.05, 3.63) is 357 Å². The van der Waals surface area contributed by atoms with Crippen LogP contribution in [0.3, 0.4) is 0 Å². The molecule has 0 unspecified atom stereocenters. The smallest absolute Gasteiger partial charge is 0.405 e. The zero-order chi connectivity index (χ0) is 92.4. The number of fused-ring (bicyclic) bond motifs is 15. The van der Waals surface area contributed by atoms with Gasteiger partial charge in [0.2, 0.25) is 5.28 Å². The molecule has 3 fully saturated rings. The second-order valence-corrected chi connectivity index (χ2v) is 40.4. The van der Waals surface area contributed by atoms with Crippen LogP contribution in [-0.2, 0) is 27.9 Å². The minimum atomic E-state index is -0.476. The fourth-order valence-electron chi connectivity index (χ4n) is 16.7. The lowest BCUT2D eigenvalue weighted by atomic mass is 9.49. The number of thiazole rings is 3. The molecule has 0 atom stereocenters. The Morgan fingerprint density at radius 2 is 0.500 bits per heavy atom. The van der Waals surface area contributed by atoms with Crippen LogP contribution in [-0.4, -0.2) is 99.6 Å². The summed E-state index contributed by atoms with van der Waals surface area (Å²) in [7, 11) is -1.31. The highest BCUT2D eigenvalue weighted by Crippen LogP contribution is 2.47. The molecule has 3 saturated heterocycles. The lowest BCUT2D eigenvalue weighted by molar-refractivity contribution is 0.00578. The second kappa shape index (κ2) is 38.1. The van der Waals surface area contributed by atoms with Gasteiger partial charge in [-0.3, -0.25) is 0 Å². The largest absolute Gasteiger partial charge is 0.494 e. The highest BCUT2D eigenvalue weighted by Gasteiger charge is 2.64. The van der Waals surface area contributed by atoms with Crippen LogP contribution in [0.4, 0.5) is 0 Å². The third kappa shape index (κ3) is 18.8. The average Bonchev–Trinajstić information content (AvgIpc) is 1.64. The summed E-state index contributed by atoms with van der Waals surface area (Å²) < 4.78 is 40.0. The molecule has 0 spiro atoms. The standard InChI is InChI=1S/C36H22N4S.C27H24BNO2S.C21H12ClNS.C15H10ClN3.C12H24B2O4.CH4.CH3/c1-4-10-24(11-5-1)33-38-34(25-12-6-2-7-13-25)40-35(39-33)28-18-20-29-27(22-28)17-16-23-19-21-30-32(31(23)29)37-36(41-30)26-14-8-3-9-15-26;1-26(2)27(3,4)31-28(30-26)20-13-14-21-19(16-20)11-10-17-12-15-22-24(23(17)21)29-25(32-22)18-8-6-5-7-9-18;22-16-9-10-17-15(12-16)7-6-13-8-11-18-20(19(13)17)23-21(24-18)14-4-2-1-3-5-14;16-15-18-13(11-7-3-1-4-8-11)17-14(19-15)12-9-5-2-6-10-12;1-9(2)10(3,4)16-13(15-9)14-17-11(5,6)12(7,8)18-14;;/h1-22H;5-16H,1-4H3;1-12H;1-10H;1-8H3;1H4;1H3/q;;;;;;-1. The first-order chi connectivity index (χ1) is 64.6. The first-order valence-corrected chi connectivity index (χ1v) is 47.9. The van der Waals surface area contributed by atoms with E-state index in [0.717, 1.165) is 97.3 Å². The predicted molar refractivity (Wildman–Crippen MR) is 572 cm³/mol. The van der Waals surface area contributed by atoms with E-state index < -0.39 is 14.0 Å². The van der Waals surface area contributed by atoms with E-state index >= 15 is 0 Å². The average molecular weight is 1880 g/mol. The second-order valence-electron chi connectivity index (χ2n) is 36.5. The molecule has 24 rings (SSSR count). The normalized spacial score (nSPS) is 15.3. The number of aromatic nitrogens is 9. The minimum absolute atomic E-state index is 0. The molecule has 3 aliphatic rings. The van der Waals surface area contributed by atoms with Crippen molar-refractivity contribution < 1.29 is 27.9 Å². The molecular weight excluding hydrogens is 1780 g/mol. The van der Waals surface area contributed by atoms with Gasteiger partial charge in [0, 0.05) is 65.7 Å². The van der Waals surface area contributed by atoms with Gasteiger partial charge in [-0.15, -0.1) is 34.0 Å². The highest BCUT2D eigenvalue weighted by atomic mass is 35.5. The fourth-order valence-corrected chi connectivity index (χ4v) is 20.0. The lowest BCUT2D eigenvalue weighted by Gasteiger charge is -2.32. The quantitative estimate of drug-likeness (QED) is 0.0719. The fraction of sp³-hybridized carbons (Fsp3) is 0.168. The van der Waals surface area contributed by atoms with Crippen LogP contribution >= 0.6 is 57.2 Å². The van der Waals surface area contributed by atoms with Crippen molar-refractivity contribution >= 4 is 179 Å². The molecule has 21 aromatic rings. The molecule has 0 amide bonds. The molecule has 15 nitrogen and oxygen atoms in total. The number of rotatable bonds is 10. The van der Waals surface area contributed by atoms with Gasteiger partial charge in [0.1, 0.15) is 15.0 Å². The Balaban J connectivity index is 0.000000117. The summed E-state index contributed by atoms with van der Waals surface area (Å²) >= 11 is 17.4. The van der Waals surface area contributed by atoms with E-state index in [9.17, 15) is 0 Å². The zero-order valence-electron chi connectivity index (χ0n) is 77.0. The van der Waals surface area contributed by atoms with Gasteiger partial charge in [-0.05, 0) is 185 Å². The Labute approximate surface area is 815 Å². The molecule has 5 aromatic heterocycles. The van der Waals surface area contributed by atoms with Gasteiger partial charge in [-0.2, -0.15) is 9.97 Å². The molecule has 0 saturated carbocycles. The molecule has 16 aromatic carbocycles. The number of hydrogen-bond acceptors (Lipinski definition) is 18. The van der Waals surface area contributed by atoms with Gasteiger partial charge < -0.3 is 35.4 Å². The topological polar surface area (TPSA) is 171 Å². The van der Waals surface area contributed by atoms with E-state index in [-0.39, 0.29) is 60.9 Å². The Morgan fingerprint density at radius 1 is 0.243 bits per heavy atom. The van der Waals surface area contributed by atoms with Crippen molar-refractivity contribution in [2.24, 2.45) is 0 Å². The van der Waals surface area contributed by atoms with Crippen LogP contribution in [0, 0.1) is 7.43 Å². The van der Waals surface area contributed by atoms with Crippen LogP contribution in [0.2, 0.25) is 10.3 Å². The summed E-state index contributed by atoms with van der Waals surface area (Å²) in [5, 5.41) is 18.3. The third-order valence-electron chi connectivity index (χ3n) is 26.0. The van der Waals surface area contributed by atoms with Crippen molar-refractivity contribution in [3.63, 3.8) is 0 Å². The predicted octanol–water partition coefficient (Wildman–Crippen LogP) is 30.1. The maximum atomic E-state index is 6.28. The van der Waals surface area contributed by atoms with Crippen molar-refractivity contribution in [1.29, 1.82) is 0 Å². The molecule has 23 heteroatoms. The number of benzene rings is 16. The van der Waals surface area contributed by atoms with Crippen LogP contribution in [0.5, 0.6) is 0 Å². The summed E-state index contributed by atoms with van der Waals surface area (Å²) in [5.74, 6) is 3.13. The summed E-state index contributed by atoms with van der Waals surface area (Å²) in [6.45, 7) is 24.6. The first kappa shape index (κ1) is 93.7. The molecular formula is C113H99B3Cl2N9O6S3-. The van der Waals surface area contributed by atoms with E-state index in [1.807, 2.05) is 207 Å². The van der Waals surface area contributed by atoms with Gasteiger partial charge in [0.15, 0.2) is 29.1 Å². The highest BCUT2D eigenvalue weighted by molar-refractivity contribution is 7.22. The lowest BCUT2D eigenvalue weighted by Crippen LogP contribution is -2.41. The Bertz CT molecular complexity index is 7780. The van der Waals surface area contributed by atoms with Crippen LogP contribution in [0.25, 0.3) is 184 Å². The van der Waals surface area contributed by atoms with E-state index in [1.165, 1.54) is 68.0 Å². The molecule has 0 N–H and O–H groups in total. The van der Waals surface area contributed by atoms with Crippen molar-refractivity contribution in [1.82, 2.24) is 44.9 Å². The Morgan fingerprint density at radius 3 is 0.831 bits per heavy atom. The summed E-state index contributed by atoms with van der Waals surface area (Å²) in [4.78, 5) is 42.6. The van der Waals surface area contributed by atoms with Crippen molar-refractivity contribution in [2.75, 3.05) is 0 Å². The molecule has 674 valence electrons. The van der Waals surface area contributed by atoms with E-state index in [0.29, 0.717) is 29.1 Å². The summed E-state index contributed by atoms with van der Waals surface area (Å²) in [6, 6.07) is 116. The van der Waals surface area contributed by atoms with Gasteiger partial charge in [0.05, 0.1) is 64.3 Å². The maximum Gasteiger partial charge on any atom is 0.494 e. The number of hydrogen-bond donors (Lipinski definition) is 0. The van der Waals surface area contributed by atoms with Crippen molar-refractivity contribution in [2.45, 2.75) is 124 Å². The van der Waals surface area contributed by atoms with Crippen LogP contribution in [0.15, 0.2) is 340 Å². The first-order valence-electron chi connectivity index (χ1n) is 44.7. The summed E-state index contributed by atoms with van der Waals surface area (Å²) in [6.07, 6.45) is 0. The molecule has 0 radical (unpaired) electrons. The van der Waals surface area contributed by atoms with E-state index in [2.05, 4.69) is 231 Å².